The summed E-state index contributed by atoms with van der Waals surface area (Å²) in [5, 5.41) is 4.90. The maximum absolute atomic E-state index is 11.4. The molecule has 21 heavy (non-hydrogen) atoms. The zero-order valence-corrected chi connectivity index (χ0v) is 12.6. The normalized spacial score (nSPS) is 15.4. The minimum absolute atomic E-state index is 0.0691. The minimum atomic E-state index is -0.196. The number of thiophene rings is 2. The number of carbonyl (C=O) groups excluding carboxylic acids is 1. The molecule has 1 atom stereocenters. The molecule has 4 rings (SSSR count). The van der Waals surface area contributed by atoms with Crippen molar-refractivity contribution >= 4 is 43.7 Å². The summed E-state index contributed by atoms with van der Waals surface area (Å²) < 4.78 is 7.89. The van der Waals surface area contributed by atoms with E-state index < -0.39 is 0 Å². The van der Waals surface area contributed by atoms with Crippen LogP contribution in [-0.2, 0) is 4.79 Å². The van der Waals surface area contributed by atoms with Gasteiger partial charge in [-0.2, -0.15) is 0 Å². The Morgan fingerprint density at radius 3 is 3.00 bits per heavy atom. The summed E-state index contributed by atoms with van der Waals surface area (Å²) in [6.07, 6.45) is 0. The van der Waals surface area contributed by atoms with Crippen LogP contribution in [0.25, 0.3) is 9.40 Å². The molecule has 0 radical (unpaired) electrons. The van der Waals surface area contributed by atoms with Gasteiger partial charge < -0.3 is 15.8 Å². The van der Waals surface area contributed by atoms with Crippen LogP contribution < -0.4 is 15.8 Å². The van der Waals surface area contributed by atoms with Gasteiger partial charge in [-0.25, -0.2) is 0 Å². The van der Waals surface area contributed by atoms with E-state index in [0.29, 0.717) is 11.4 Å². The fraction of sp³-hybridized carbons (Fsp3) is 0.133. The second kappa shape index (κ2) is 4.84. The Hall–Kier alpha value is -1.89. The van der Waals surface area contributed by atoms with Gasteiger partial charge in [0.1, 0.15) is 5.75 Å². The first-order chi connectivity index (χ1) is 10.2. The van der Waals surface area contributed by atoms with Gasteiger partial charge in [-0.15, -0.1) is 22.7 Å². The molecule has 6 heteroatoms. The van der Waals surface area contributed by atoms with E-state index in [-0.39, 0.29) is 18.6 Å². The van der Waals surface area contributed by atoms with Crippen LogP contribution in [0.3, 0.4) is 0 Å². The maximum atomic E-state index is 11.4. The average molecular weight is 316 g/mol. The van der Waals surface area contributed by atoms with Crippen molar-refractivity contribution in [2.75, 3.05) is 11.9 Å². The highest BCUT2D eigenvalue weighted by Gasteiger charge is 2.19. The summed E-state index contributed by atoms with van der Waals surface area (Å²) in [4.78, 5) is 12.5. The number of ether oxygens (including phenoxy) is 1. The van der Waals surface area contributed by atoms with E-state index >= 15 is 0 Å². The molecular formula is C15H12N2O2S2. The monoisotopic (exact) mass is 316 g/mol. The fourth-order valence-electron chi connectivity index (χ4n) is 2.40. The highest BCUT2D eigenvalue weighted by Crippen LogP contribution is 2.37. The van der Waals surface area contributed by atoms with Crippen molar-refractivity contribution in [3.8, 4) is 5.75 Å². The first kappa shape index (κ1) is 12.8. The summed E-state index contributed by atoms with van der Waals surface area (Å²) >= 11 is 3.43. The van der Waals surface area contributed by atoms with Crippen molar-refractivity contribution in [3.63, 3.8) is 0 Å². The fourth-order valence-corrected chi connectivity index (χ4v) is 4.55. The third-order valence-electron chi connectivity index (χ3n) is 3.46. The Balaban J connectivity index is 1.70. The number of rotatable bonds is 2. The molecule has 106 valence electrons. The maximum Gasteiger partial charge on any atom is 0.262 e. The number of benzene rings is 1. The van der Waals surface area contributed by atoms with Crippen molar-refractivity contribution in [1.82, 2.24) is 0 Å². The van der Waals surface area contributed by atoms with Crippen molar-refractivity contribution in [3.05, 3.63) is 46.2 Å². The van der Waals surface area contributed by atoms with E-state index in [1.165, 1.54) is 9.40 Å². The molecule has 4 nitrogen and oxygen atoms in total. The number of carbonyl (C=O) groups is 1. The van der Waals surface area contributed by atoms with Gasteiger partial charge in [-0.3, -0.25) is 4.79 Å². The highest BCUT2D eigenvalue weighted by molar-refractivity contribution is 7.27. The van der Waals surface area contributed by atoms with Crippen molar-refractivity contribution < 1.29 is 9.53 Å². The Labute approximate surface area is 129 Å². The Morgan fingerprint density at radius 2 is 2.14 bits per heavy atom. The van der Waals surface area contributed by atoms with E-state index in [9.17, 15) is 4.79 Å². The molecule has 3 N–H and O–H groups in total. The molecule has 1 aliphatic heterocycles. The quantitative estimate of drug-likeness (QED) is 0.762. The minimum Gasteiger partial charge on any atom is -0.482 e. The Bertz CT molecular complexity index is 809. The Kier molecular flexibility index (Phi) is 2.95. The predicted octanol–water partition coefficient (Wildman–Crippen LogP) is 3.34. The second-order valence-corrected chi connectivity index (χ2v) is 6.93. The molecule has 0 spiro atoms. The summed E-state index contributed by atoms with van der Waals surface area (Å²) in [6, 6.07) is 9.77. The van der Waals surface area contributed by atoms with Crippen LogP contribution in [0.1, 0.15) is 16.5 Å². The number of nitrogens with one attached hydrogen (secondary N) is 1. The van der Waals surface area contributed by atoms with Gasteiger partial charge in [-0.1, -0.05) is 6.07 Å². The topological polar surface area (TPSA) is 64.3 Å². The molecule has 1 aliphatic rings. The summed E-state index contributed by atoms with van der Waals surface area (Å²) in [7, 11) is 0. The molecule has 0 aliphatic carbocycles. The number of hydrogen-bond donors (Lipinski definition) is 2. The number of fused-ring (bicyclic) bond motifs is 2. The second-order valence-electron chi connectivity index (χ2n) is 4.87. The predicted molar refractivity (Wildman–Crippen MR) is 86.3 cm³/mol. The summed E-state index contributed by atoms with van der Waals surface area (Å²) in [5.74, 6) is 0.558. The molecule has 0 fully saturated rings. The van der Waals surface area contributed by atoms with Gasteiger partial charge in [0.25, 0.3) is 5.91 Å². The van der Waals surface area contributed by atoms with Gasteiger partial charge >= 0.3 is 0 Å². The molecule has 1 amide bonds. The third-order valence-corrected chi connectivity index (χ3v) is 5.64. The van der Waals surface area contributed by atoms with Crippen LogP contribution >= 0.6 is 22.7 Å². The van der Waals surface area contributed by atoms with Crippen LogP contribution in [-0.4, -0.2) is 12.5 Å². The van der Waals surface area contributed by atoms with Crippen LogP contribution in [0.5, 0.6) is 5.75 Å². The van der Waals surface area contributed by atoms with E-state index in [1.54, 1.807) is 22.7 Å². The van der Waals surface area contributed by atoms with Gasteiger partial charge in [0.2, 0.25) is 0 Å². The Morgan fingerprint density at radius 1 is 1.24 bits per heavy atom. The molecule has 3 aromatic rings. The highest BCUT2D eigenvalue weighted by atomic mass is 32.1. The first-order valence-electron chi connectivity index (χ1n) is 6.50. The lowest BCUT2D eigenvalue weighted by Gasteiger charge is -2.20. The van der Waals surface area contributed by atoms with Gasteiger partial charge in [-0.05, 0) is 35.2 Å². The summed E-state index contributed by atoms with van der Waals surface area (Å²) in [5.41, 5.74) is 8.03. The molecule has 0 bridgehead atoms. The van der Waals surface area contributed by atoms with Gasteiger partial charge in [0.05, 0.1) is 11.7 Å². The van der Waals surface area contributed by atoms with Crippen LogP contribution in [0.2, 0.25) is 0 Å². The SMILES string of the molecule is NC(c1ccc2c(c1)NC(=O)CO2)c1cc2sccc2s1. The molecule has 2 aromatic heterocycles. The average Bonchev–Trinajstić information content (AvgIpc) is 3.06. The van der Waals surface area contributed by atoms with E-state index in [4.69, 9.17) is 10.5 Å². The zero-order valence-electron chi connectivity index (χ0n) is 11.0. The molecule has 1 aromatic carbocycles. The number of anilines is 1. The van der Waals surface area contributed by atoms with Gasteiger partial charge in [0.15, 0.2) is 6.61 Å². The van der Waals surface area contributed by atoms with Crippen molar-refractivity contribution in [1.29, 1.82) is 0 Å². The van der Waals surface area contributed by atoms with Crippen LogP contribution in [0, 0.1) is 0 Å². The van der Waals surface area contributed by atoms with Gasteiger partial charge in [0, 0.05) is 14.3 Å². The van der Waals surface area contributed by atoms with Crippen molar-refractivity contribution in [2.45, 2.75) is 6.04 Å². The third kappa shape index (κ3) is 2.21. The van der Waals surface area contributed by atoms with E-state index in [0.717, 1.165) is 10.4 Å². The smallest absolute Gasteiger partial charge is 0.262 e. The molecule has 3 heterocycles. The standard InChI is InChI=1S/C15H12N2O2S2/c16-15(13-6-12-11(21-13)3-4-20-12)8-1-2-10-9(5-8)17-14(18)7-19-10/h1-6,15H,7,16H2,(H,17,18). The number of nitrogens with two attached hydrogens (primary N) is 1. The first-order valence-corrected chi connectivity index (χ1v) is 8.19. The lowest BCUT2D eigenvalue weighted by molar-refractivity contribution is -0.118. The molecule has 0 saturated heterocycles. The lowest BCUT2D eigenvalue weighted by Crippen LogP contribution is -2.25. The molecular weight excluding hydrogens is 304 g/mol. The van der Waals surface area contributed by atoms with Crippen LogP contribution in [0.4, 0.5) is 5.69 Å². The zero-order chi connectivity index (χ0) is 14.4. The van der Waals surface area contributed by atoms with Crippen molar-refractivity contribution in [2.24, 2.45) is 5.73 Å². The lowest BCUT2D eigenvalue weighted by atomic mass is 10.0. The van der Waals surface area contributed by atoms with E-state index in [1.807, 2.05) is 18.2 Å². The van der Waals surface area contributed by atoms with E-state index in [2.05, 4.69) is 22.8 Å². The molecule has 0 saturated carbocycles. The van der Waals surface area contributed by atoms with Crippen LogP contribution in [0.15, 0.2) is 35.7 Å². The summed E-state index contributed by atoms with van der Waals surface area (Å²) in [6.45, 7) is 0.0691. The largest absolute Gasteiger partial charge is 0.482 e. The molecule has 1 unspecified atom stereocenters. The number of amides is 1. The number of hydrogen-bond acceptors (Lipinski definition) is 5.